The average Bonchev–Trinajstić information content (AvgIpc) is 2.53. The maximum atomic E-state index is 4.11. The predicted octanol–water partition coefficient (Wildman–Crippen LogP) is 1.13. The van der Waals surface area contributed by atoms with E-state index in [2.05, 4.69) is 15.5 Å². The highest BCUT2D eigenvalue weighted by Crippen LogP contribution is 2.19. The second-order valence-corrected chi connectivity index (χ2v) is 3.34. The third-order valence-electron chi connectivity index (χ3n) is 2.41. The number of rotatable bonds is 1. The fourth-order valence-electron chi connectivity index (χ4n) is 1.73. The number of aromatic nitrogens is 3. The molecule has 1 fully saturated rings. The third kappa shape index (κ3) is 2.83. The van der Waals surface area contributed by atoms with E-state index in [1.54, 1.807) is 6.33 Å². The fraction of sp³-hybridized carbons (Fsp3) is 0.750. The lowest BCUT2D eigenvalue weighted by Crippen LogP contribution is -2.29. The topological polar surface area (TPSA) is 42.7 Å². The predicted molar refractivity (Wildman–Crippen MR) is 60.3 cm³/mol. The van der Waals surface area contributed by atoms with Crippen molar-refractivity contribution in [2.24, 2.45) is 7.05 Å². The number of aryl methyl sites for hydroxylation is 1. The molecule has 1 atom stereocenters. The van der Waals surface area contributed by atoms with Gasteiger partial charge in [-0.3, -0.25) is 0 Å². The minimum Gasteiger partial charge on any atom is -0.320 e. The van der Waals surface area contributed by atoms with Crippen LogP contribution in [0, 0.1) is 0 Å². The van der Waals surface area contributed by atoms with Crippen molar-refractivity contribution in [1.82, 2.24) is 20.1 Å². The van der Waals surface area contributed by atoms with E-state index in [1.807, 2.05) is 11.6 Å². The van der Waals surface area contributed by atoms with Crippen LogP contribution in [0.15, 0.2) is 6.33 Å². The first-order valence-corrected chi connectivity index (χ1v) is 4.42. The summed E-state index contributed by atoms with van der Waals surface area (Å²) in [4.78, 5) is 0. The highest BCUT2D eigenvalue weighted by Gasteiger charge is 2.18. The Balaban J connectivity index is 0.000000845. The number of hydrogen-bond acceptors (Lipinski definition) is 3. The van der Waals surface area contributed by atoms with Crippen LogP contribution in [0.25, 0.3) is 0 Å². The van der Waals surface area contributed by atoms with Gasteiger partial charge < -0.3 is 9.88 Å². The van der Waals surface area contributed by atoms with Gasteiger partial charge in [0.25, 0.3) is 0 Å². The molecule has 1 aliphatic rings. The molecule has 1 saturated heterocycles. The summed E-state index contributed by atoms with van der Waals surface area (Å²) in [5, 5.41) is 11.4. The molecule has 1 N–H and O–H groups in total. The molecule has 2 heterocycles. The van der Waals surface area contributed by atoms with Crippen LogP contribution in [0.5, 0.6) is 0 Å². The first-order chi connectivity index (χ1) is 5.88. The summed E-state index contributed by atoms with van der Waals surface area (Å²) in [5.41, 5.74) is 0. The maximum absolute atomic E-state index is 4.11. The van der Waals surface area contributed by atoms with E-state index in [0.717, 1.165) is 18.9 Å². The summed E-state index contributed by atoms with van der Waals surface area (Å²) in [7, 11) is 2.00. The van der Waals surface area contributed by atoms with Gasteiger partial charge in [0.2, 0.25) is 0 Å². The molecule has 0 radical (unpaired) electrons. The molecule has 0 amide bonds. The van der Waals surface area contributed by atoms with Gasteiger partial charge in [0.15, 0.2) is 0 Å². The largest absolute Gasteiger partial charge is 0.320 e. The van der Waals surface area contributed by atoms with Gasteiger partial charge in [-0.25, -0.2) is 0 Å². The molecule has 2 rings (SSSR count). The first kappa shape index (κ1) is 13.7. The monoisotopic (exact) mass is 238 g/mol. The molecule has 0 saturated carbocycles. The van der Waals surface area contributed by atoms with Crippen molar-refractivity contribution in [3.8, 4) is 0 Å². The molecular weight excluding hydrogens is 223 g/mol. The number of nitrogens with one attached hydrogen (secondary N) is 1. The highest BCUT2D eigenvalue weighted by atomic mass is 35.5. The molecule has 1 aromatic heterocycles. The van der Waals surface area contributed by atoms with Crippen molar-refractivity contribution in [2.45, 2.75) is 18.8 Å². The SMILES string of the molecule is Cl.Cl.Cn1cnnc1C1CCCNC1. The zero-order chi connectivity index (χ0) is 8.39. The van der Waals surface area contributed by atoms with Crippen molar-refractivity contribution >= 4 is 24.8 Å². The normalized spacial score (nSPS) is 20.8. The molecule has 4 nitrogen and oxygen atoms in total. The van der Waals surface area contributed by atoms with Crippen molar-refractivity contribution in [2.75, 3.05) is 13.1 Å². The average molecular weight is 239 g/mol. The summed E-state index contributed by atoms with van der Waals surface area (Å²) in [5.74, 6) is 1.67. The number of nitrogens with zero attached hydrogens (tertiary/aromatic N) is 3. The van der Waals surface area contributed by atoms with Crippen molar-refractivity contribution in [3.05, 3.63) is 12.2 Å². The van der Waals surface area contributed by atoms with Crippen LogP contribution in [0.2, 0.25) is 0 Å². The van der Waals surface area contributed by atoms with Crippen LogP contribution in [0.4, 0.5) is 0 Å². The van der Waals surface area contributed by atoms with Gasteiger partial charge in [-0.15, -0.1) is 35.0 Å². The molecule has 6 heteroatoms. The molecule has 0 aromatic carbocycles. The molecule has 0 aliphatic carbocycles. The first-order valence-electron chi connectivity index (χ1n) is 4.42. The Hall–Kier alpha value is -0.320. The summed E-state index contributed by atoms with van der Waals surface area (Å²) >= 11 is 0. The van der Waals surface area contributed by atoms with E-state index in [4.69, 9.17) is 0 Å². The third-order valence-corrected chi connectivity index (χ3v) is 2.41. The summed E-state index contributed by atoms with van der Waals surface area (Å²) < 4.78 is 2.01. The molecule has 1 unspecified atom stereocenters. The summed E-state index contributed by atoms with van der Waals surface area (Å²) in [6, 6.07) is 0. The summed E-state index contributed by atoms with van der Waals surface area (Å²) in [6.07, 6.45) is 4.25. The van der Waals surface area contributed by atoms with E-state index in [1.165, 1.54) is 12.8 Å². The van der Waals surface area contributed by atoms with Gasteiger partial charge in [0, 0.05) is 19.5 Å². The second kappa shape index (κ2) is 6.22. The van der Waals surface area contributed by atoms with Crippen LogP contribution >= 0.6 is 24.8 Å². The van der Waals surface area contributed by atoms with Crippen molar-refractivity contribution < 1.29 is 0 Å². The smallest absolute Gasteiger partial charge is 0.136 e. The van der Waals surface area contributed by atoms with E-state index in [0.29, 0.717) is 5.92 Å². The highest BCUT2D eigenvalue weighted by molar-refractivity contribution is 5.85. The quantitative estimate of drug-likeness (QED) is 0.798. The lowest BCUT2D eigenvalue weighted by atomic mass is 9.99. The Kier molecular flexibility index (Phi) is 6.08. The minimum absolute atomic E-state index is 0. The van der Waals surface area contributed by atoms with Crippen molar-refractivity contribution in [3.63, 3.8) is 0 Å². The lowest BCUT2D eigenvalue weighted by Gasteiger charge is -2.21. The minimum atomic E-state index is 0. The van der Waals surface area contributed by atoms with E-state index in [-0.39, 0.29) is 24.8 Å². The Morgan fingerprint density at radius 3 is 2.79 bits per heavy atom. The van der Waals surface area contributed by atoms with E-state index < -0.39 is 0 Å². The van der Waals surface area contributed by atoms with Crippen LogP contribution in [0.3, 0.4) is 0 Å². The Morgan fingerprint density at radius 2 is 2.29 bits per heavy atom. The number of halogens is 2. The van der Waals surface area contributed by atoms with Crippen molar-refractivity contribution in [1.29, 1.82) is 0 Å². The van der Waals surface area contributed by atoms with Gasteiger partial charge >= 0.3 is 0 Å². The standard InChI is InChI=1S/C8H14N4.2ClH/c1-12-6-10-11-8(12)7-3-2-4-9-5-7;;/h6-7,9H,2-5H2,1H3;2*1H. The Bertz CT molecular complexity index is 258. The van der Waals surface area contributed by atoms with Gasteiger partial charge in [-0.1, -0.05) is 0 Å². The van der Waals surface area contributed by atoms with E-state index >= 15 is 0 Å². The maximum Gasteiger partial charge on any atom is 0.136 e. The molecule has 1 aliphatic heterocycles. The molecule has 1 aromatic rings. The summed E-state index contributed by atoms with van der Waals surface area (Å²) in [6.45, 7) is 2.20. The van der Waals surface area contributed by atoms with Crippen LogP contribution < -0.4 is 5.32 Å². The van der Waals surface area contributed by atoms with Crippen LogP contribution in [0.1, 0.15) is 24.6 Å². The number of piperidine rings is 1. The Morgan fingerprint density at radius 1 is 1.50 bits per heavy atom. The molecular formula is C8H16Cl2N4. The fourth-order valence-corrected chi connectivity index (χ4v) is 1.73. The molecule has 14 heavy (non-hydrogen) atoms. The zero-order valence-electron chi connectivity index (χ0n) is 8.14. The number of hydrogen-bond donors (Lipinski definition) is 1. The molecule has 0 bridgehead atoms. The Labute approximate surface area is 96.3 Å². The van der Waals surface area contributed by atoms with Gasteiger partial charge in [-0.05, 0) is 19.4 Å². The lowest BCUT2D eigenvalue weighted by molar-refractivity contribution is 0.438. The van der Waals surface area contributed by atoms with Crippen LogP contribution in [-0.2, 0) is 7.05 Å². The van der Waals surface area contributed by atoms with Gasteiger partial charge in [0.1, 0.15) is 12.2 Å². The van der Waals surface area contributed by atoms with E-state index in [9.17, 15) is 0 Å². The van der Waals surface area contributed by atoms with Gasteiger partial charge in [-0.2, -0.15) is 0 Å². The molecule has 82 valence electrons. The zero-order valence-corrected chi connectivity index (χ0v) is 9.77. The second-order valence-electron chi connectivity index (χ2n) is 3.34. The van der Waals surface area contributed by atoms with Crippen LogP contribution in [-0.4, -0.2) is 27.9 Å². The van der Waals surface area contributed by atoms with Gasteiger partial charge in [0.05, 0.1) is 0 Å². The molecule has 0 spiro atoms.